The Morgan fingerprint density at radius 1 is 0.867 bits per heavy atom. The number of nitrogens with one attached hydrogen (secondary N) is 2. The van der Waals surface area contributed by atoms with Crippen molar-refractivity contribution in [3.05, 3.63) is 114 Å². The second-order valence-electron chi connectivity index (χ2n) is 7.85. The monoisotopic (exact) mass is 396 g/mol. The van der Waals surface area contributed by atoms with Gasteiger partial charge in [-0.3, -0.25) is 15.6 Å². The van der Waals surface area contributed by atoms with Crippen LogP contribution in [0.4, 0.5) is 0 Å². The van der Waals surface area contributed by atoms with Crippen LogP contribution in [0.3, 0.4) is 0 Å². The van der Waals surface area contributed by atoms with Gasteiger partial charge in [0.2, 0.25) is 5.91 Å². The minimum atomic E-state index is -0.256. The van der Waals surface area contributed by atoms with Crippen LogP contribution in [0, 0.1) is 5.92 Å². The molecule has 0 heterocycles. The summed E-state index contributed by atoms with van der Waals surface area (Å²) in [4.78, 5) is 13.2. The minimum Gasteiger partial charge on any atom is -0.298 e. The first-order valence-electron chi connectivity index (χ1n) is 10.7. The number of rotatable bonds is 8. The maximum atomic E-state index is 13.2. The fourth-order valence-electron chi connectivity index (χ4n) is 4.22. The summed E-state index contributed by atoms with van der Waals surface area (Å²) >= 11 is 0. The summed E-state index contributed by atoms with van der Waals surface area (Å²) in [5, 5.41) is 0. The first kappa shape index (κ1) is 20.0. The molecule has 3 nitrogen and oxygen atoms in total. The number of allylic oxidation sites excluding steroid dienone is 1. The van der Waals surface area contributed by atoms with Crippen LogP contribution < -0.4 is 10.9 Å². The van der Waals surface area contributed by atoms with Gasteiger partial charge in [0, 0.05) is 5.41 Å². The topological polar surface area (TPSA) is 41.1 Å². The molecule has 0 aromatic heterocycles. The molecule has 3 heteroatoms. The Kier molecular flexibility index (Phi) is 5.99. The van der Waals surface area contributed by atoms with Crippen LogP contribution in [0.1, 0.15) is 42.9 Å². The predicted molar refractivity (Wildman–Crippen MR) is 122 cm³/mol. The highest BCUT2D eigenvalue weighted by molar-refractivity contribution is 5.86. The highest BCUT2D eigenvalue weighted by Crippen LogP contribution is 2.58. The highest BCUT2D eigenvalue weighted by Gasteiger charge is 2.60. The van der Waals surface area contributed by atoms with Crippen molar-refractivity contribution in [1.82, 2.24) is 10.9 Å². The van der Waals surface area contributed by atoms with E-state index >= 15 is 0 Å². The van der Waals surface area contributed by atoms with Crippen molar-refractivity contribution in [3.8, 4) is 0 Å². The first-order chi connectivity index (χ1) is 14.8. The molecule has 152 valence electrons. The van der Waals surface area contributed by atoms with Crippen LogP contribution in [0.5, 0.6) is 0 Å². The lowest BCUT2D eigenvalue weighted by molar-refractivity contribution is -0.123. The third-order valence-electron chi connectivity index (χ3n) is 5.90. The summed E-state index contributed by atoms with van der Waals surface area (Å²) in [5.41, 5.74) is 10.3. The average Bonchev–Trinajstić information content (AvgIpc) is 3.58. The third kappa shape index (κ3) is 4.02. The number of unbranched alkanes of at least 4 members (excludes halogenated alkanes) is 1. The van der Waals surface area contributed by atoms with Crippen LogP contribution in [-0.2, 0) is 10.2 Å². The summed E-state index contributed by atoms with van der Waals surface area (Å²) in [7, 11) is 0. The minimum absolute atomic E-state index is 0.0287. The van der Waals surface area contributed by atoms with Crippen molar-refractivity contribution >= 4 is 11.6 Å². The molecule has 1 aliphatic rings. The SMILES string of the molecule is CCC/C=C(\NNC(=O)[C@@H]1CC1(c1ccccc1)c1ccccc1)c1ccccc1. The van der Waals surface area contributed by atoms with Crippen LogP contribution in [0.2, 0.25) is 0 Å². The van der Waals surface area contributed by atoms with Gasteiger partial charge in [-0.1, -0.05) is 110 Å². The molecule has 3 aromatic carbocycles. The first-order valence-corrected chi connectivity index (χ1v) is 10.7. The summed E-state index contributed by atoms with van der Waals surface area (Å²) in [6, 6.07) is 30.9. The Morgan fingerprint density at radius 2 is 1.40 bits per heavy atom. The molecule has 1 saturated carbocycles. The van der Waals surface area contributed by atoms with E-state index in [0.29, 0.717) is 0 Å². The van der Waals surface area contributed by atoms with E-state index in [0.717, 1.165) is 30.5 Å². The fourth-order valence-corrected chi connectivity index (χ4v) is 4.22. The fraction of sp³-hybridized carbons (Fsp3) is 0.222. The second kappa shape index (κ2) is 9.00. The number of amides is 1. The van der Waals surface area contributed by atoms with E-state index in [1.54, 1.807) is 0 Å². The molecular formula is C27H28N2O. The Labute approximate surface area is 178 Å². The molecule has 30 heavy (non-hydrogen) atoms. The molecule has 0 aliphatic heterocycles. The second-order valence-corrected chi connectivity index (χ2v) is 7.85. The van der Waals surface area contributed by atoms with Gasteiger partial charge in [0.25, 0.3) is 0 Å². The Bertz CT molecular complexity index is 957. The number of carbonyl (C=O) groups is 1. The van der Waals surface area contributed by atoms with Crippen LogP contribution >= 0.6 is 0 Å². The van der Waals surface area contributed by atoms with E-state index in [1.165, 1.54) is 11.1 Å². The van der Waals surface area contributed by atoms with Gasteiger partial charge in [0.1, 0.15) is 0 Å². The molecule has 3 aromatic rings. The van der Waals surface area contributed by atoms with Crippen molar-refractivity contribution in [2.75, 3.05) is 0 Å². The third-order valence-corrected chi connectivity index (χ3v) is 5.90. The number of hydrogen-bond acceptors (Lipinski definition) is 2. The molecule has 2 N–H and O–H groups in total. The van der Waals surface area contributed by atoms with Gasteiger partial charge >= 0.3 is 0 Å². The van der Waals surface area contributed by atoms with Gasteiger partial charge in [-0.15, -0.1) is 0 Å². The quantitative estimate of drug-likeness (QED) is 0.497. The maximum Gasteiger partial charge on any atom is 0.242 e. The lowest BCUT2D eigenvalue weighted by atomic mass is 9.85. The number of carbonyl (C=O) groups excluding carboxylic acids is 1. The molecule has 0 radical (unpaired) electrons. The van der Waals surface area contributed by atoms with E-state index < -0.39 is 0 Å². The maximum absolute atomic E-state index is 13.2. The molecule has 1 fully saturated rings. The van der Waals surface area contributed by atoms with Gasteiger partial charge in [-0.25, -0.2) is 0 Å². The largest absolute Gasteiger partial charge is 0.298 e. The molecule has 4 rings (SSSR count). The lowest BCUT2D eigenvalue weighted by Gasteiger charge is -2.19. The summed E-state index contributed by atoms with van der Waals surface area (Å²) < 4.78 is 0. The lowest BCUT2D eigenvalue weighted by Crippen LogP contribution is -2.39. The molecule has 0 spiro atoms. The zero-order valence-corrected chi connectivity index (χ0v) is 17.3. The molecule has 1 atom stereocenters. The van der Waals surface area contributed by atoms with Crippen LogP contribution in [0.15, 0.2) is 97.1 Å². The van der Waals surface area contributed by atoms with Crippen molar-refractivity contribution < 1.29 is 4.79 Å². The zero-order chi connectivity index (χ0) is 20.8. The summed E-state index contributed by atoms with van der Waals surface area (Å²) in [6.07, 6.45) is 4.96. The Morgan fingerprint density at radius 3 is 1.93 bits per heavy atom. The number of hydrazine groups is 1. The van der Waals surface area contributed by atoms with Crippen molar-refractivity contribution in [3.63, 3.8) is 0 Å². The predicted octanol–water partition coefficient (Wildman–Crippen LogP) is 5.45. The van der Waals surface area contributed by atoms with Crippen molar-refractivity contribution in [2.45, 2.75) is 31.6 Å². The van der Waals surface area contributed by atoms with Crippen LogP contribution in [-0.4, -0.2) is 5.91 Å². The molecule has 0 unspecified atom stereocenters. The van der Waals surface area contributed by atoms with Gasteiger partial charge in [0.05, 0.1) is 11.6 Å². The zero-order valence-electron chi connectivity index (χ0n) is 17.3. The Balaban J connectivity index is 1.53. The van der Waals surface area contributed by atoms with E-state index in [2.05, 4.69) is 60.2 Å². The van der Waals surface area contributed by atoms with E-state index in [4.69, 9.17) is 0 Å². The highest BCUT2D eigenvalue weighted by atomic mass is 16.2. The van der Waals surface area contributed by atoms with Gasteiger partial charge in [0.15, 0.2) is 0 Å². The standard InChI is InChI=1S/C27H28N2O/c1-2-3-19-25(21-13-7-4-8-14-21)28-29-26(30)24-20-27(24,22-15-9-5-10-16-22)23-17-11-6-12-18-23/h4-19,24,28H,2-3,20H2,1H3,(H,29,30)/b25-19-/t24-/m0/s1. The Hall–Kier alpha value is -3.33. The summed E-state index contributed by atoms with van der Waals surface area (Å²) in [5.74, 6) is -0.0703. The van der Waals surface area contributed by atoms with Gasteiger partial charge in [-0.2, -0.15) is 0 Å². The number of benzene rings is 3. The van der Waals surface area contributed by atoms with Crippen LogP contribution in [0.25, 0.3) is 5.70 Å². The average molecular weight is 397 g/mol. The van der Waals surface area contributed by atoms with E-state index in [9.17, 15) is 4.79 Å². The molecule has 0 bridgehead atoms. The van der Waals surface area contributed by atoms with Crippen molar-refractivity contribution in [1.29, 1.82) is 0 Å². The molecule has 1 amide bonds. The molecule has 1 aliphatic carbocycles. The normalized spacial score (nSPS) is 17.2. The van der Waals surface area contributed by atoms with Gasteiger partial charge in [-0.05, 0) is 29.5 Å². The summed E-state index contributed by atoms with van der Waals surface area (Å²) in [6.45, 7) is 2.15. The van der Waals surface area contributed by atoms with E-state index in [-0.39, 0.29) is 17.2 Å². The molecular weight excluding hydrogens is 368 g/mol. The number of hydrogen-bond donors (Lipinski definition) is 2. The molecule has 0 saturated heterocycles. The van der Waals surface area contributed by atoms with Crippen molar-refractivity contribution in [2.24, 2.45) is 5.92 Å². The van der Waals surface area contributed by atoms with Gasteiger partial charge < -0.3 is 0 Å². The smallest absolute Gasteiger partial charge is 0.242 e. The van der Waals surface area contributed by atoms with E-state index in [1.807, 2.05) is 54.6 Å².